The predicted molar refractivity (Wildman–Crippen MR) is 75.6 cm³/mol. The summed E-state index contributed by atoms with van der Waals surface area (Å²) in [6, 6.07) is 7.10. The molecule has 106 valence electrons. The van der Waals surface area contributed by atoms with Crippen molar-refractivity contribution in [1.29, 1.82) is 0 Å². The zero-order chi connectivity index (χ0) is 14.6. The Bertz CT molecular complexity index is 418. The summed E-state index contributed by atoms with van der Waals surface area (Å²) >= 11 is 0. The summed E-state index contributed by atoms with van der Waals surface area (Å²) in [7, 11) is 3.55. The highest BCUT2D eigenvalue weighted by Gasteiger charge is 2.20. The molecule has 1 aromatic carbocycles. The van der Waals surface area contributed by atoms with Crippen molar-refractivity contribution in [3.05, 3.63) is 29.8 Å². The van der Waals surface area contributed by atoms with Gasteiger partial charge in [0, 0.05) is 0 Å². The third-order valence-corrected chi connectivity index (χ3v) is 2.68. The van der Waals surface area contributed by atoms with Crippen molar-refractivity contribution in [3.63, 3.8) is 0 Å². The number of hydrogen-bond acceptors (Lipinski definition) is 3. The van der Waals surface area contributed by atoms with Crippen molar-refractivity contribution in [2.75, 3.05) is 14.1 Å². The van der Waals surface area contributed by atoms with Gasteiger partial charge in [0.05, 0.1) is 0 Å². The number of carboxylic acids is 1. The average molecular weight is 265 g/mol. The number of benzene rings is 1. The van der Waals surface area contributed by atoms with E-state index < -0.39 is 12.0 Å². The van der Waals surface area contributed by atoms with Crippen LogP contribution >= 0.6 is 0 Å². The van der Waals surface area contributed by atoms with Crippen LogP contribution in [0.25, 0.3) is 0 Å². The first kappa shape index (κ1) is 15.5. The molecule has 4 heteroatoms. The number of aliphatic carboxylic acids is 1. The third kappa shape index (κ3) is 5.30. The lowest BCUT2D eigenvalue weighted by atomic mass is 10.1. The minimum atomic E-state index is -0.806. The summed E-state index contributed by atoms with van der Waals surface area (Å²) in [5.41, 5.74) is 0.761. The largest absolute Gasteiger partial charge is 0.488 e. The van der Waals surface area contributed by atoms with Crippen molar-refractivity contribution in [3.8, 4) is 5.75 Å². The Labute approximate surface area is 115 Å². The van der Waals surface area contributed by atoms with Crippen molar-refractivity contribution in [2.45, 2.75) is 38.8 Å². The number of hydrogen-bond donors (Lipinski definition) is 1. The van der Waals surface area contributed by atoms with Gasteiger partial charge in [-0.2, -0.15) is 0 Å². The molecule has 0 fully saturated rings. The smallest absolute Gasteiger partial charge is 0.321 e. The number of nitrogens with zero attached hydrogens (tertiary/aromatic N) is 1. The molecule has 1 N–H and O–H groups in total. The Morgan fingerprint density at radius 1 is 1.26 bits per heavy atom. The van der Waals surface area contributed by atoms with Crippen LogP contribution in [0.4, 0.5) is 0 Å². The summed E-state index contributed by atoms with van der Waals surface area (Å²) in [6.45, 7) is 5.98. The summed E-state index contributed by atoms with van der Waals surface area (Å²) in [5.74, 6) is -0.00649. The fourth-order valence-electron chi connectivity index (χ4n) is 1.76. The van der Waals surface area contributed by atoms with E-state index in [-0.39, 0.29) is 5.60 Å². The Kier molecular flexibility index (Phi) is 4.95. The lowest BCUT2D eigenvalue weighted by Crippen LogP contribution is -2.37. The molecular weight excluding hydrogens is 242 g/mol. The van der Waals surface area contributed by atoms with Gasteiger partial charge in [0.15, 0.2) is 0 Å². The summed E-state index contributed by atoms with van der Waals surface area (Å²) in [4.78, 5) is 12.8. The third-order valence-electron chi connectivity index (χ3n) is 2.68. The second-order valence-electron chi connectivity index (χ2n) is 5.88. The minimum Gasteiger partial charge on any atom is -0.488 e. The van der Waals surface area contributed by atoms with Crippen LogP contribution in [0.5, 0.6) is 5.75 Å². The van der Waals surface area contributed by atoms with Crippen molar-refractivity contribution in [1.82, 2.24) is 4.90 Å². The highest BCUT2D eigenvalue weighted by atomic mass is 16.5. The van der Waals surface area contributed by atoms with E-state index in [0.29, 0.717) is 6.42 Å². The molecule has 1 rings (SSSR count). The molecule has 0 radical (unpaired) electrons. The summed E-state index contributed by atoms with van der Waals surface area (Å²) in [5, 5.41) is 9.15. The van der Waals surface area contributed by atoms with E-state index in [1.807, 2.05) is 45.0 Å². The molecule has 4 nitrogen and oxygen atoms in total. The second kappa shape index (κ2) is 6.06. The van der Waals surface area contributed by atoms with Gasteiger partial charge in [-0.1, -0.05) is 12.1 Å². The monoisotopic (exact) mass is 265 g/mol. The van der Waals surface area contributed by atoms with E-state index >= 15 is 0 Å². The topological polar surface area (TPSA) is 49.8 Å². The van der Waals surface area contributed by atoms with E-state index in [2.05, 4.69) is 0 Å². The molecule has 0 saturated heterocycles. The molecule has 1 aromatic rings. The van der Waals surface area contributed by atoms with E-state index in [0.717, 1.165) is 11.3 Å². The Hall–Kier alpha value is -1.55. The van der Waals surface area contributed by atoms with Crippen LogP contribution in [-0.4, -0.2) is 41.7 Å². The standard InChI is InChI=1S/C15H23NO3/c1-15(2,3)19-12-8-6-11(7-9-12)10-13(14(17)18)16(4)5/h6-9,13H,10H2,1-5H3,(H,17,18)/t13-/m0/s1. The Morgan fingerprint density at radius 3 is 2.16 bits per heavy atom. The van der Waals surface area contributed by atoms with Crippen LogP contribution in [0, 0.1) is 0 Å². The van der Waals surface area contributed by atoms with E-state index in [1.54, 1.807) is 19.0 Å². The maximum atomic E-state index is 11.1. The van der Waals surface area contributed by atoms with Gasteiger partial charge >= 0.3 is 5.97 Å². The predicted octanol–water partition coefficient (Wildman–Crippen LogP) is 2.42. The van der Waals surface area contributed by atoms with Gasteiger partial charge in [-0.05, 0) is 59.0 Å². The lowest BCUT2D eigenvalue weighted by molar-refractivity contribution is -0.142. The number of carboxylic acid groups (broad SMARTS) is 1. The van der Waals surface area contributed by atoms with E-state index in [1.165, 1.54) is 0 Å². The molecule has 0 amide bonds. The van der Waals surface area contributed by atoms with Gasteiger partial charge in [0.1, 0.15) is 17.4 Å². The fourth-order valence-corrected chi connectivity index (χ4v) is 1.76. The highest BCUT2D eigenvalue weighted by Crippen LogP contribution is 2.19. The first-order chi connectivity index (χ1) is 8.69. The second-order valence-corrected chi connectivity index (χ2v) is 5.88. The van der Waals surface area contributed by atoms with Crippen LogP contribution < -0.4 is 4.74 Å². The van der Waals surface area contributed by atoms with Gasteiger partial charge < -0.3 is 9.84 Å². The maximum Gasteiger partial charge on any atom is 0.321 e. The molecule has 1 atom stereocenters. The van der Waals surface area contributed by atoms with Crippen LogP contribution in [0.1, 0.15) is 26.3 Å². The number of likely N-dealkylation sites (N-methyl/N-ethyl adjacent to an activating group) is 1. The van der Waals surface area contributed by atoms with Gasteiger partial charge in [-0.15, -0.1) is 0 Å². The van der Waals surface area contributed by atoms with Crippen LogP contribution in [0.2, 0.25) is 0 Å². The number of ether oxygens (including phenoxy) is 1. The first-order valence-corrected chi connectivity index (χ1v) is 6.36. The van der Waals surface area contributed by atoms with Crippen molar-refractivity contribution >= 4 is 5.97 Å². The molecule has 0 aliphatic rings. The highest BCUT2D eigenvalue weighted by molar-refractivity contribution is 5.73. The average Bonchev–Trinajstić information content (AvgIpc) is 2.25. The van der Waals surface area contributed by atoms with Gasteiger partial charge in [-0.3, -0.25) is 9.69 Å². The lowest BCUT2D eigenvalue weighted by Gasteiger charge is -2.22. The molecule has 0 spiro atoms. The zero-order valence-electron chi connectivity index (χ0n) is 12.3. The van der Waals surface area contributed by atoms with E-state index in [4.69, 9.17) is 9.84 Å². The molecule has 0 bridgehead atoms. The molecular formula is C15H23NO3. The van der Waals surface area contributed by atoms with Gasteiger partial charge in [-0.25, -0.2) is 0 Å². The normalized spacial score (nSPS) is 13.4. The van der Waals surface area contributed by atoms with E-state index in [9.17, 15) is 4.79 Å². The molecule has 0 aliphatic carbocycles. The number of rotatable bonds is 5. The van der Waals surface area contributed by atoms with Crippen LogP contribution in [0.3, 0.4) is 0 Å². The number of carbonyl (C=O) groups is 1. The fraction of sp³-hybridized carbons (Fsp3) is 0.533. The zero-order valence-corrected chi connectivity index (χ0v) is 12.3. The Balaban J connectivity index is 2.74. The molecule has 0 aliphatic heterocycles. The molecule has 0 unspecified atom stereocenters. The van der Waals surface area contributed by atoms with Gasteiger partial charge in [0.2, 0.25) is 0 Å². The molecule has 19 heavy (non-hydrogen) atoms. The Morgan fingerprint density at radius 2 is 1.79 bits per heavy atom. The van der Waals surface area contributed by atoms with Crippen LogP contribution in [-0.2, 0) is 11.2 Å². The minimum absolute atomic E-state index is 0.227. The summed E-state index contributed by atoms with van der Waals surface area (Å²) < 4.78 is 5.73. The SMILES string of the molecule is CN(C)[C@@H](Cc1ccc(OC(C)(C)C)cc1)C(=O)O. The van der Waals surface area contributed by atoms with Gasteiger partial charge in [0.25, 0.3) is 0 Å². The maximum absolute atomic E-state index is 11.1. The molecule has 0 saturated carbocycles. The quantitative estimate of drug-likeness (QED) is 0.888. The van der Waals surface area contributed by atoms with Crippen molar-refractivity contribution < 1.29 is 14.6 Å². The molecule has 0 aromatic heterocycles. The molecule has 0 heterocycles. The summed E-state index contributed by atoms with van der Waals surface area (Å²) in [6.07, 6.45) is 0.484. The van der Waals surface area contributed by atoms with Crippen molar-refractivity contribution in [2.24, 2.45) is 0 Å². The first-order valence-electron chi connectivity index (χ1n) is 6.36. The van der Waals surface area contributed by atoms with Crippen LogP contribution in [0.15, 0.2) is 24.3 Å².